The molecule has 2 rings (SSSR count). The third kappa shape index (κ3) is 7.86. The van der Waals surface area contributed by atoms with E-state index >= 15 is 0 Å². The molecule has 2 aromatic rings. The molecule has 0 fully saturated rings. The number of halogens is 5. The van der Waals surface area contributed by atoms with Crippen LogP contribution in [0.4, 0.5) is 13.2 Å². The van der Waals surface area contributed by atoms with Crippen LogP contribution in [-0.2, 0) is 13.1 Å². The van der Waals surface area contributed by atoms with Crippen LogP contribution in [0.2, 0.25) is 0 Å². The molecule has 0 aliphatic heterocycles. The number of alkyl halides is 3. The summed E-state index contributed by atoms with van der Waals surface area (Å²) in [5.41, 5.74) is 6.22. The number of amides is 1. The van der Waals surface area contributed by atoms with Gasteiger partial charge in [0, 0.05) is 30.7 Å². The van der Waals surface area contributed by atoms with Crippen LogP contribution in [0.25, 0.3) is 0 Å². The van der Waals surface area contributed by atoms with E-state index in [0.717, 1.165) is 0 Å². The molecule has 3 N–H and O–H groups in total. The Morgan fingerprint density at radius 2 is 2.08 bits per heavy atom. The number of hydrogen-bond acceptors (Lipinski definition) is 6. The number of nitrogens with one attached hydrogen (secondary N) is 1. The molecule has 0 unspecified atom stereocenters. The third-order valence-corrected chi connectivity index (χ3v) is 3.47. The molecular weight excluding hydrogens is 404 g/mol. The second kappa shape index (κ2) is 10.4. The lowest BCUT2D eigenvalue weighted by molar-refractivity contribution is -0.154. The van der Waals surface area contributed by atoms with Gasteiger partial charge in [0.1, 0.15) is 10.7 Å². The minimum absolute atomic E-state index is 0. The predicted octanol–water partition coefficient (Wildman–Crippen LogP) is 2.71. The summed E-state index contributed by atoms with van der Waals surface area (Å²) in [6.07, 6.45) is -3.13. The fourth-order valence-electron chi connectivity index (χ4n) is 1.58. The fourth-order valence-corrected chi connectivity index (χ4v) is 2.23. The second-order valence-electron chi connectivity index (χ2n) is 4.42. The molecule has 0 aliphatic rings. The van der Waals surface area contributed by atoms with Crippen LogP contribution < -0.4 is 15.8 Å². The first-order chi connectivity index (χ1) is 10.9. The zero-order chi connectivity index (χ0) is 16.9. The van der Waals surface area contributed by atoms with Crippen LogP contribution in [0, 0.1) is 0 Å². The van der Waals surface area contributed by atoms with E-state index in [-0.39, 0.29) is 49.5 Å². The first-order valence-electron chi connectivity index (χ1n) is 6.44. The summed E-state index contributed by atoms with van der Waals surface area (Å²) in [5.74, 6) is -0.552. The monoisotopic (exact) mass is 418 g/mol. The van der Waals surface area contributed by atoms with Gasteiger partial charge in [-0.2, -0.15) is 13.2 Å². The zero-order valence-electron chi connectivity index (χ0n) is 12.6. The van der Waals surface area contributed by atoms with Gasteiger partial charge < -0.3 is 15.8 Å². The van der Waals surface area contributed by atoms with E-state index < -0.39 is 18.7 Å². The Morgan fingerprint density at radius 3 is 2.68 bits per heavy atom. The van der Waals surface area contributed by atoms with Gasteiger partial charge in [0.25, 0.3) is 5.91 Å². The SMILES string of the molecule is Cl.Cl.NCc1nc(C(=O)NCc2ccnc(OCC(F)(F)F)c2)cs1. The molecule has 12 heteroatoms. The highest BCUT2D eigenvalue weighted by Crippen LogP contribution is 2.17. The Morgan fingerprint density at radius 1 is 1.36 bits per heavy atom. The number of carbonyl (C=O) groups excluding carboxylic acids is 1. The van der Waals surface area contributed by atoms with Crippen molar-refractivity contribution in [1.82, 2.24) is 15.3 Å². The van der Waals surface area contributed by atoms with Gasteiger partial charge in [-0.1, -0.05) is 0 Å². The van der Waals surface area contributed by atoms with Crippen molar-refractivity contribution in [2.75, 3.05) is 6.61 Å². The molecule has 2 aromatic heterocycles. The summed E-state index contributed by atoms with van der Waals surface area (Å²) in [6.45, 7) is -1.06. The Hall–Kier alpha value is -1.62. The Bertz CT molecular complexity index is 685. The van der Waals surface area contributed by atoms with E-state index in [2.05, 4.69) is 20.0 Å². The lowest BCUT2D eigenvalue weighted by Gasteiger charge is -2.09. The molecular formula is C13H15Cl2F3N4O2S. The molecule has 0 aliphatic carbocycles. The van der Waals surface area contributed by atoms with Crippen molar-refractivity contribution in [3.63, 3.8) is 0 Å². The minimum atomic E-state index is -4.43. The number of ether oxygens (including phenoxy) is 1. The first-order valence-corrected chi connectivity index (χ1v) is 7.32. The van der Waals surface area contributed by atoms with E-state index in [1.54, 1.807) is 11.4 Å². The standard InChI is InChI=1S/C13H13F3N4O2S.2ClH/c14-13(15,16)7-22-10-3-8(1-2-18-10)5-19-12(21)9-6-23-11(4-17)20-9;;/h1-3,6H,4-5,7,17H2,(H,19,21);2*1H. The van der Waals surface area contributed by atoms with Crippen molar-refractivity contribution in [1.29, 1.82) is 0 Å². The summed E-state index contributed by atoms with van der Waals surface area (Å²) in [6, 6.07) is 2.89. The van der Waals surface area contributed by atoms with Gasteiger partial charge in [0.05, 0.1) is 0 Å². The summed E-state index contributed by atoms with van der Waals surface area (Å²) in [7, 11) is 0. The number of pyridine rings is 1. The van der Waals surface area contributed by atoms with Crippen LogP contribution in [0.15, 0.2) is 23.7 Å². The molecule has 6 nitrogen and oxygen atoms in total. The minimum Gasteiger partial charge on any atom is -0.468 e. The maximum atomic E-state index is 12.1. The number of aromatic nitrogens is 2. The predicted molar refractivity (Wildman–Crippen MR) is 91.5 cm³/mol. The highest BCUT2D eigenvalue weighted by atomic mass is 35.5. The molecule has 0 saturated carbocycles. The number of nitrogens with two attached hydrogens (primary N) is 1. The number of carbonyl (C=O) groups is 1. The van der Waals surface area contributed by atoms with Crippen molar-refractivity contribution in [3.8, 4) is 5.88 Å². The second-order valence-corrected chi connectivity index (χ2v) is 5.36. The molecule has 25 heavy (non-hydrogen) atoms. The van der Waals surface area contributed by atoms with Crippen molar-refractivity contribution in [3.05, 3.63) is 40.0 Å². The average molecular weight is 419 g/mol. The van der Waals surface area contributed by atoms with Crippen molar-refractivity contribution >= 4 is 42.1 Å². The van der Waals surface area contributed by atoms with Crippen LogP contribution in [0.5, 0.6) is 5.88 Å². The lowest BCUT2D eigenvalue weighted by atomic mass is 10.2. The Labute approximate surface area is 157 Å². The fraction of sp³-hybridized carbons (Fsp3) is 0.308. The first kappa shape index (κ1) is 23.4. The molecule has 0 atom stereocenters. The van der Waals surface area contributed by atoms with Crippen LogP contribution in [0.1, 0.15) is 21.1 Å². The van der Waals surface area contributed by atoms with Crippen molar-refractivity contribution in [2.24, 2.45) is 5.73 Å². The van der Waals surface area contributed by atoms with Gasteiger partial charge in [-0.25, -0.2) is 9.97 Å². The summed E-state index contributed by atoms with van der Waals surface area (Å²) in [5, 5.41) is 4.84. The van der Waals surface area contributed by atoms with Crippen LogP contribution >= 0.6 is 36.2 Å². The molecule has 0 aromatic carbocycles. The molecule has 1 amide bonds. The molecule has 0 saturated heterocycles. The van der Waals surface area contributed by atoms with Gasteiger partial charge in [0.15, 0.2) is 6.61 Å². The largest absolute Gasteiger partial charge is 0.468 e. The van der Waals surface area contributed by atoms with E-state index in [4.69, 9.17) is 5.73 Å². The maximum Gasteiger partial charge on any atom is 0.422 e. The number of thiazole rings is 1. The lowest BCUT2D eigenvalue weighted by Crippen LogP contribution is -2.23. The van der Waals surface area contributed by atoms with Gasteiger partial charge in [-0.15, -0.1) is 36.2 Å². The van der Waals surface area contributed by atoms with Crippen molar-refractivity contribution < 1.29 is 22.7 Å². The Balaban J connectivity index is 0.00000288. The molecule has 0 radical (unpaired) electrons. The van der Waals surface area contributed by atoms with E-state index in [0.29, 0.717) is 10.6 Å². The highest BCUT2D eigenvalue weighted by Gasteiger charge is 2.28. The normalized spacial score (nSPS) is 10.4. The van der Waals surface area contributed by atoms with Crippen LogP contribution in [-0.4, -0.2) is 28.7 Å². The summed E-state index contributed by atoms with van der Waals surface area (Å²) < 4.78 is 40.8. The quantitative estimate of drug-likeness (QED) is 0.752. The third-order valence-electron chi connectivity index (χ3n) is 2.60. The smallest absolute Gasteiger partial charge is 0.422 e. The van der Waals surface area contributed by atoms with Crippen molar-refractivity contribution in [2.45, 2.75) is 19.3 Å². The average Bonchev–Trinajstić information content (AvgIpc) is 2.99. The number of hydrogen-bond donors (Lipinski definition) is 2. The van der Waals surface area contributed by atoms with Crippen LogP contribution in [0.3, 0.4) is 0 Å². The molecule has 0 bridgehead atoms. The molecule has 2 heterocycles. The van der Waals surface area contributed by atoms with E-state index in [9.17, 15) is 18.0 Å². The summed E-state index contributed by atoms with van der Waals surface area (Å²) in [4.78, 5) is 19.6. The topological polar surface area (TPSA) is 90.1 Å². The number of rotatable bonds is 6. The number of nitrogens with zero attached hydrogens (tertiary/aromatic N) is 2. The Kier molecular flexibility index (Phi) is 9.72. The van der Waals surface area contributed by atoms with Gasteiger partial charge in [0.2, 0.25) is 5.88 Å². The zero-order valence-corrected chi connectivity index (χ0v) is 15.0. The molecule has 0 spiro atoms. The van der Waals surface area contributed by atoms with E-state index in [1.165, 1.54) is 23.6 Å². The van der Waals surface area contributed by atoms with Gasteiger partial charge in [-0.3, -0.25) is 4.79 Å². The maximum absolute atomic E-state index is 12.1. The van der Waals surface area contributed by atoms with Gasteiger partial charge in [-0.05, 0) is 11.6 Å². The highest BCUT2D eigenvalue weighted by molar-refractivity contribution is 7.09. The van der Waals surface area contributed by atoms with E-state index in [1.807, 2.05) is 0 Å². The van der Waals surface area contributed by atoms with Gasteiger partial charge >= 0.3 is 6.18 Å². The molecule has 140 valence electrons. The summed E-state index contributed by atoms with van der Waals surface area (Å²) >= 11 is 1.28.